The summed E-state index contributed by atoms with van der Waals surface area (Å²) >= 11 is 0. The Morgan fingerprint density at radius 3 is 2.41 bits per heavy atom. The second-order valence-electron chi connectivity index (χ2n) is 5.32. The fourth-order valence-electron chi connectivity index (χ4n) is 1.74. The molecule has 98 valence electrons. The van der Waals surface area contributed by atoms with E-state index in [4.69, 9.17) is 10.5 Å². The van der Waals surface area contributed by atoms with Gasteiger partial charge in [-0.2, -0.15) is 0 Å². The van der Waals surface area contributed by atoms with E-state index < -0.39 is 11.6 Å². The predicted octanol–water partition coefficient (Wildman–Crippen LogP) is 1.01. The van der Waals surface area contributed by atoms with Crippen LogP contribution in [0.1, 0.15) is 27.2 Å². The van der Waals surface area contributed by atoms with Crippen molar-refractivity contribution in [2.75, 3.05) is 20.1 Å². The summed E-state index contributed by atoms with van der Waals surface area (Å²) in [7, 11) is 1.68. The molecule has 0 saturated carbocycles. The van der Waals surface area contributed by atoms with Crippen LogP contribution in [0.5, 0.6) is 0 Å². The highest BCUT2D eigenvalue weighted by Gasteiger charge is 2.32. The normalized spacial score (nSPS) is 20.2. The standard InChI is InChI=1S/C11H21N3O3/c1-11(2,3)17-10(16)13(4)8-5-6-14(7-8)9(12)15/h8H,5-7H2,1-4H3,(H2,12,15). The van der Waals surface area contributed by atoms with Gasteiger partial charge in [-0.15, -0.1) is 0 Å². The number of hydrogen-bond acceptors (Lipinski definition) is 3. The van der Waals surface area contributed by atoms with E-state index in [2.05, 4.69) is 0 Å². The Balaban J connectivity index is 2.52. The first-order valence-electron chi connectivity index (χ1n) is 5.71. The summed E-state index contributed by atoms with van der Waals surface area (Å²) in [5.74, 6) is 0. The molecule has 1 aliphatic rings. The van der Waals surface area contributed by atoms with Gasteiger partial charge in [0, 0.05) is 20.1 Å². The minimum Gasteiger partial charge on any atom is -0.444 e. The molecule has 1 fully saturated rings. The SMILES string of the molecule is CN(C(=O)OC(C)(C)C)C1CCN(C(N)=O)C1. The largest absolute Gasteiger partial charge is 0.444 e. The van der Waals surface area contributed by atoms with Crippen LogP contribution in [0, 0.1) is 0 Å². The van der Waals surface area contributed by atoms with Gasteiger partial charge in [0.05, 0.1) is 6.04 Å². The van der Waals surface area contributed by atoms with E-state index in [0.717, 1.165) is 6.42 Å². The van der Waals surface area contributed by atoms with Gasteiger partial charge in [0.25, 0.3) is 0 Å². The van der Waals surface area contributed by atoms with Gasteiger partial charge in [-0.05, 0) is 27.2 Å². The molecule has 0 aromatic carbocycles. The molecule has 3 amide bonds. The minimum absolute atomic E-state index is 0.0163. The van der Waals surface area contributed by atoms with E-state index in [1.807, 2.05) is 20.8 Å². The number of rotatable bonds is 1. The van der Waals surface area contributed by atoms with Gasteiger partial charge < -0.3 is 20.3 Å². The Labute approximate surface area is 102 Å². The molecule has 6 heteroatoms. The van der Waals surface area contributed by atoms with E-state index in [0.29, 0.717) is 13.1 Å². The second kappa shape index (κ2) is 4.81. The van der Waals surface area contributed by atoms with E-state index in [-0.39, 0.29) is 12.1 Å². The maximum atomic E-state index is 11.8. The first-order valence-corrected chi connectivity index (χ1v) is 5.71. The molecule has 0 radical (unpaired) electrons. The first-order chi connectivity index (χ1) is 7.70. The Kier molecular flexibility index (Phi) is 3.85. The fourth-order valence-corrected chi connectivity index (χ4v) is 1.74. The number of carbonyl (C=O) groups is 2. The number of likely N-dealkylation sites (tertiary alicyclic amines) is 1. The van der Waals surface area contributed by atoms with Crippen molar-refractivity contribution in [3.05, 3.63) is 0 Å². The number of likely N-dealkylation sites (N-methyl/N-ethyl adjacent to an activating group) is 1. The van der Waals surface area contributed by atoms with Crippen LogP contribution in [0.4, 0.5) is 9.59 Å². The molecule has 1 unspecified atom stereocenters. The van der Waals surface area contributed by atoms with Crippen LogP contribution >= 0.6 is 0 Å². The monoisotopic (exact) mass is 243 g/mol. The Morgan fingerprint density at radius 1 is 1.41 bits per heavy atom. The molecule has 0 spiro atoms. The van der Waals surface area contributed by atoms with Crippen molar-refractivity contribution in [3.8, 4) is 0 Å². The number of ether oxygens (including phenoxy) is 1. The molecule has 2 N–H and O–H groups in total. The molecule has 6 nitrogen and oxygen atoms in total. The Hall–Kier alpha value is -1.46. The summed E-state index contributed by atoms with van der Waals surface area (Å²) in [5, 5.41) is 0. The number of urea groups is 1. The molecule has 0 aromatic rings. The van der Waals surface area contributed by atoms with Gasteiger partial charge in [0.15, 0.2) is 0 Å². The molecule has 1 rings (SSSR count). The van der Waals surface area contributed by atoms with Crippen molar-refractivity contribution >= 4 is 12.1 Å². The summed E-state index contributed by atoms with van der Waals surface area (Å²) in [6.07, 6.45) is 0.368. The summed E-state index contributed by atoms with van der Waals surface area (Å²) in [6, 6.07) is -0.456. The van der Waals surface area contributed by atoms with Crippen LogP contribution in [0.25, 0.3) is 0 Å². The highest BCUT2D eigenvalue weighted by atomic mass is 16.6. The van der Waals surface area contributed by atoms with E-state index in [1.54, 1.807) is 7.05 Å². The van der Waals surface area contributed by atoms with E-state index in [1.165, 1.54) is 9.80 Å². The highest BCUT2D eigenvalue weighted by molar-refractivity contribution is 5.73. The molecule has 0 bridgehead atoms. The van der Waals surface area contributed by atoms with Crippen LogP contribution < -0.4 is 5.73 Å². The van der Waals surface area contributed by atoms with Crippen LogP contribution in [-0.4, -0.2) is 53.7 Å². The van der Waals surface area contributed by atoms with Crippen molar-refractivity contribution in [1.82, 2.24) is 9.80 Å². The number of amides is 3. The highest BCUT2D eigenvalue weighted by Crippen LogP contribution is 2.17. The summed E-state index contributed by atoms with van der Waals surface area (Å²) < 4.78 is 5.26. The third-order valence-corrected chi connectivity index (χ3v) is 2.70. The molecule has 1 atom stereocenters. The van der Waals surface area contributed by atoms with Crippen molar-refractivity contribution in [2.45, 2.75) is 38.8 Å². The molecule has 1 heterocycles. The quantitative estimate of drug-likeness (QED) is 0.746. The molecule has 0 aliphatic carbocycles. The van der Waals surface area contributed by atoms with Gasteiger partial charge in [-0.1, -0.05) is 0 Å². The number of primary amides is 1. The fraction of sp³-hybridized carbons (Fsp3) is 0.818. The van der Waals surface area contributed by atoms with Crippen LogP contribution in [0.2, 0.25) is 0 Å². The molecule has 1 saturated heterocycles. The maximum absolute atomic E-state index is 11.8. The van der Waals surface area contributed by atoms with Crippen LogP contribution in [0.3, 0.4) is 0 Å². The topological polar surface area (TPSA) is 75.9 Å². The Bertz CT molecular complexity index is 312. The summed E-state index contributed by atoms with van der Waals surface area (Å²) in [5.41, 5.74) is 4.68. The predicted molar refractivity (Wildman–Crippen MR) is 63.6 cm³/mol. The molecule has 1 aliphatic heterocycles. The first kappa shape index (κ1) is 13.6. The van der Waals surface area contributed by atoms with Crippen molar-refractivity contribution in [2.24, 2.45) is 5.73 Å². The van der Waals surface area contributed by atoms with Gasteiger partial charge >= 0.3 is 12.1 Å². The van der Waals surface area contributed by atoms with E-state index >= 15 is 0 Å². The number of hydrogen-bond donors (Lipinski definition) is 1. The third-order valence-electron chi connectivity index (χ3n) is 2.70. The Morgan fingerprint density at radius 2 is 2.00 bits per heavy atom. The molecular formula is C11H21N3O3. The van der Waals surface area contributed by atoms with Gasteiger partial charge in [-0.3, -0.25) is 0 Å². The zero-order valence-corrected chi connectivity index (χ0v) is 10.9. The van der Waals surface area contributed by atoms with Crippen LogP contribution in [-0.2, 0) is 4.74 Å². The lowest BCUT2D eigenvalue weighted by atomic mass is 10.2. The summed E-state index contributed by atoms with van der Waals surface area (Å²) in [4.78, 5) is 25.8. The van der Waals surface area contributed by atoms with Gasteiger partial charge in [0.1, 0.15) is 5.60 Å². The van der Waals surface area contributed by atoms with Gasteiger partial charge in [-0.25, -0.2) is 9.59 Å². The lowest BCUT2D eigenvalue weighted by Gasteiger charge is -2.28. The zero-order valence-electron chi connectivity index (χ0n) is 10.9. The third kappa shape index (κ3) is 3.80. The number of carbonyl (C=O) groups excluding carboxylic acids is 2. The van der Waals surface area contributed by atoms with Crippen molar-refractivity contribution in [3.63, 3.8) is 0 Å². The zero-order chi connectivity index (χ0) is 13.2. The second-order valence-corrected chi connectivity index (χ2v) is 5.32. The average Bonchev–Trinajstić information content (AvgIpc) is 2.62. The summed E-state index contributed by atoms with van der Waals surface area (Å²) in [6.45, 7) is 6.54. The maximum Gasteiger partial charge on any atom is 0.410 e. The number of nitrogens with zero attached hydrogens (tertiary/aromatic N) is 2. The smallest absolute Gasteiger partial charge is 0.410 e. The average molecular weight is 243 g/mol. The van der Waals surface area contributed by atoms with Crippen molar-refractivity contribution < 1.29 is 14.3 Å². The molecule has 0 aromatic heterocycles. The van der Waals surface area contributed by atoms with Crippen molar-refractivity contribution in [1.29, 1.82) is 0 Å². The van der Waals surface area contributed by atoms with Gasteiger partial charge in [0.2, 0.25) is 0 Å². The number of nitrogens with two attached hydrogens (primary N) is 1. The molecule has 17 heavy (non-hydrogen) atoms. The lowest BCUT2D eigenvalue weighted by molar-refractivity contribution is 0.0230. The lowest BCUT2D eigenvalue weighted by Crippen LogP contribution is -2.43. The molecular weight excluding hydrogens is 222 g/mol. The van der Waals surface area contributed by atoms with Crippen LogP contribution in [0.15, 0.2) is 0 Å². The van der Waals surface area contributed by atoms with E-state index in [9.17, 15) is 9.59 Å². The minimum atomic E-state index is -0.507.